The molecule has 1 N–H and O–H groups in total. The van der Waals surface area contributed by atoms with Gasteiger partial charge in [0.15, 0.2) is 0 Å². The number of methoxy groups -OCH3 is 2. The minimum atomic E-state index is -0.110. The van der Waals surface area contributed by atoms with Crippen molar-refractivity contribution in [2.24, 2.45) is 0 Å². The Hall–Kier alpha value is -3.21. The molecular weight excluding hydrogens is 366 g/mol. The smallest absolute Gasteiger partial charge is 0.244 e. The highest BCUT2D eigenvalue weighted by molar-refractivity contribution is 6.02. The first kappa shape index (κ1) is 20.5. The van der Waals surface area contributed by atoms with Crippen molar-refractivity contribution >= 4 is 22.4 Å². The summed E-state index contributed by atoms with van der Waals surface area (Å²) in [5, 5.41) is 3.83. The lowest BCUT2D eigenvalue weighted by atomic mass is 9.96. The number of nitrogens with one attached hydrogen (secondary N) is 1. The van der Waals surface area contributed by atoms with E-state index in [-0.39, 0.29) is 5.91 Å². The van der Waals surface area contributed by atoms with E-state index in [1.807, 2.05) is 51.1 Å². The van der Waals surface area contributed by atoms with Crippen LogP contribution in [0.5, 0.6) is 11.5 Å². The van der Waals surface area contributed by atoms with Crippen molar-refractivity contribution in [3.05, 3.63) is 53.8 Å². The molecule has 5 nitrogen and oxygen atoms in total. The quantitative estimate of drug-likeness (QED) is 0.549. The maximum atomic E-state index is 12.2. The first-order chi connectivity index (χ1) is 14.0. The van der Waals surface area contributed by atoms with Gasteiger partial charge in [-0.3, -0.25) is 4.79 Å². The normalized spacial score (nSPS) is 11.6. The zero-order valence-electron chi connectivity index (χ0n) is 17.6. The Kier molecular flexibility index (Phi) is 6.27. The number of benzene rings is 2. The maximum Gasteiger partial charge on any atom is 0.244 e. The highest BCUT2D eigenvalue weighted by atomic mass is 16.5. The zero-order chi connectivity index (χ0) is 21.0. The molecule has 2 aromatic carbocycles. The van der Waals surface area contributed by atoms with Crippen molar-refractivity contribution in [2.45, 2.75) is 27.2 Å². The average molecular weight is 393 g/mol. The maximum absolute atomic E-state index is 12.2. The molecule has 1 amide bonds. The van der Waals surface area contributed by atoms with Crippen molar-refractivity contribution in [2.75, 3.05) is 20.8 Å². The molecule has 0 radical (unpaired) electrons. The number of fused-ring (bicyclic) bond motifs is 1. The number of allylic oxidation sites excluding steroid dienone is 1. The van der Waals surface area contributed by atoms with E-state index in [1.165, 1.54) is 0 Å². The van der Waals surface area contributed by atoms with Gasteiger partial charge in [-0.1, -0.05) is 25.1 Å². The number of carbonyl (C=O) groups excluding carboxylic acids is 1. The van der Waals surface area contributed by atoms with Gasteiger partial charge >= 0.3 is 0 Å². The molecular formula is C24H27NO4. The molecule has 5 heteroatoms. The van der Waals surface area contributed by atoms with Crippen LogP contribution in [0.1, 0.15) is 31.4 Å². The molecule has 29 heavy (non-hydrogen) atoms. The molecule has 0 aliphatic carbocycles. The van der Waals surface area contributed by atoms with E-state index in [1.54, 1.807) is 26.6 Å². The van der Waals surface area contributed by atoms with Crippen LogP contribution in [0.2, 0.25) is 0 Å². The van der Waals surface area contributed by atoms with E-state index in [4.69, 9.17) is 13.9 Å². The fourth-order valence-electron chi connectivity index (χ4n) is 3.52. The SMILES string of the molecule is CCCNC(=O)/C=C(\C)c1cc2c(-c3ccccc3OC)coc2c(C)c1OC. The molecule has 152 valence electrons. The highest BCUT2D eigenvalue weighted by Gasteiger charge is 2.20. The van der Waals surface area contributed by atoms with Gasteiger partial charge < -0.3 is 19.2 Å². The first-order valence-corrected chi connectivity index (χ1v) is 9.70. The van der Waals surface area contributed by atoms with Gasteiger partial charge in [-0.2, -0.15) is 0 Å². The summed E-state index contributed by atoms with van der Waals surface area (Å²) in [5.74, 6) is 1.37. The Morgan fingerprint density at radius 2 is 1.93 bits per heavy atom. The molecule has 0 aliphatic rings. The standard InChI is InChI=1S/C24H27NO4/c1-6-11-25-22(26)12-15(2)18-13-19-20(17-9-7-8-10-21(17)27-4)14-29-24(19)16(3)23(18)28-5/h7-10,12-14H,6,11H2,1-5H3,(H,25,26)/b15-12+. The van der Waals surface area contributed by atoms with Crippen LogP contribution in [0.15, 0.2) is 47.1 Å². The molecule has 0 bridgehead atoms. The topological polar surface area (TPSA) is 60.7 Å². The zero-order valence-corrected chi connectivity index (χ0v) is 17.6. The van der Waals surface area contributed by atoms with Gasteiger partial charge in [-0.25, -0.2) is 0 Å². The van der Waals surface area contributed by atoms with Crippen molar-refractivity contribution in [1.29, 1.82) is 0 Å². The van der Waals surface area contributed by atoms with Crippen LogP contribution in [-0.4, -0.2) is 26.7 Å². The van der Waals surface area contributed by atoms with Crippen LogP contribution >= 0.6 is 0 Å². The third-order valence-corrected chi connectivity index (χ3v) is 4.97. The van der Waals surface area contributed by atoms with E-state index < -0.39 is 0 Å². The Labute approximate surface area is 171 Å². The Morgan fingerprint density at radius 1 is 1.17 bits per heavy atom. The monoisotopic (exact) mass is 393 g/mol. The number of hydrogen-bond donors (Lipinski definition) is 1. The molecule has 0 aliphatic heterocycles. The number of para-hydroxylation sites is 1. The molecule has 0 fully saturated rings. The summed E-state index contributed by atoms with van der Waals surface area (Å²) in [6.07, 6.45) is 4.25. The van der Waals surface area contributed by atoms with Gasteiger partial charge in [-0.05, 0) is 38.0 Å². The molecule has 0 unspecified atom stereocenters. The van der Waals surface area contributed by atoms with Crippen LogP contribution in [0, 0.1) is 6.92 Å². The van der Waals surface area contributed by atoms with Crippen LogP contribution in [0.3, 0.4) is 0 Å². The second-order valence-electron chi connectivity index (χ2n) is 6.93. The Bertz CT molecular complexity index is 1060. The lowest BCUT2D eigenvalue weighted by Gasteiger charge is -2.14. The van der Waals surface area contributed by atoms with Gasteiger partial charge in [0.05, 0.1) is 20.5 Å². The van der Waals surface area contributed by atoms with Gasteiger partial charge in [0.25, 0.3) is 0 Å². The van der Waals surface area contributed by atoms with E-state index in [0.717, 1.165) is 51.0 Å². The van der Waals surface area contributed by atoms with Crippen molar-refractivity contribution < 1.29 is 18.7 Å². The van der Waals surface area contributed by atoms with Gasteiger partial charge in [0, 0.05) is 40.3 Å². The molecule has 3 rings (SSSR count). The summed E-state index contributed by atoms with van der Waals surface area (Å²) >= 11 is 0. The van der Waals surface area contributed by atoms with Gasteiger partial charge in [-0.15, -0.1) is 0 Å². The van der Waals surface area contributed by atoms with Crippen LogP contribution in [0.25, 0.3) is 27.7 Å². The number of hydrogen-bond acceptors (Lipinski definition) is 4. The van der Waals surface area contributed by atoms with Gasteiger partial charge in [0.2, 0.25) is 5.91 Å². The third-order valence-electron chi connectivity index (χ3n) is 4.97. The predicted molar refractivity (Wildman–Crippen MR) is 116 cm³/mol. The number of aryl methyl sites for hydroxylation is 1. The minimum absolute atomic E-state index is 0.110. The number of furan rings is 1. The summed E-state index contributed by atoms with van der Waals surface area (Å²) < 4.78 is 17.1. The lowest BCUT2D eigenvalue weighted by Crippen LogP contribution is -2.21. The van der Waals surface area contributed by atoms with Crippen molar-refractivity contribution in [3.8, 4) is 22.6 Å². The first-order valence-electron chi connectivity index (χ1n) is 9.70. The summed E-state index contributed by atoms with van der Waals surface area (Å²) in [7, 11) is 3.29. The molecule has 0 atom stereocenters. The molecule has 1 aromatic heterocycles. The molecule has 0 saturated heterocycles. The second-order valence-corrected chi connectivity index (χ2v) is 6.93. The largest absolute Gasteiger partial charge is 0.496 e. The fourth-order valence-corrected chi connectivity index (χ4v) is 3.52. The summed E-state index contributed by atoms with van der Waals surface area (Å²) in [4.78, 5) is 12.2. The number of rotatable bonds is 7. The summed E-state index contributed by atoms with van der Waals surface area (Å²) in [5.41, 5.74) is 5.23. The van der Waals surface area contributed by atoms with Gasteiger partial charge in [0.1, 0.15) is 17.1 Å². The predicted octanol–water partition coefficient (Wildman–Crippen LogP) is 5.35. The second kappa shape index (κ2) is 8.86. The number of amides is 1. The molecule has 3 aromatic rings. The Morgan fingerprint density at radius 3 is 2.62 bits per heavy atom. The van der Waals surface area contributed by atoms with Crippen LogP contribution in [0.4, 0.5) is 0 Å². The summed E-state index contributed by atoms with van der Waals surface area (Å²) in [6.45, 7) is 6.55. The third kappa shape index (κ3) is 3.99. The fraction of sp³-hybridized carbons (Fsp3) is 0.292. The van der Waals surface area contributed by atoms with Crippen LogP contribution in [-0.2, 0) is 4.79 Å². The lowest BCUT2D eigenvalue weighted by molar-refractivity contribution is -0.116. The number of carbonyl (C=O) groups is 1. The van der Waals surface area contributed by atoms with Crippen LogP contribution < -0.4 is 14.8 Å². The Balaban J connectivity index is 2.18. The van der Waals surface area contributed by atoms with E-state index in [0.29, 0.717) is 12.3 Å². The highest BCUT2D eigenvalue weighted by Crippen LogP contribution is 2.42. The minimum Gasteiger partial charge on any atom is -0.496 e. The number of ether oxygens (including phenoxy) is 2. The molecule has 0 saturated carbocycles. The average Bonchev–Trinajstić information content (AvgIpc) is 3.16. The molecule has 0 spiro atoms. The van der Waals surface area contributed by atoms with E-state index in [9.17, 15) is 4.79 Å². The van der Waals surface area contributed by atoms with Crippen molar-refractivity contribution in [1.82, 2.24) is 5.32 Å². The molecule has 1 heterocycles. The van der Waals surface area contributed by atoms with Crippen molar-refractivity contribution in [3.63, 3.8) is 0 Å². The van der Waals surface area contributed by atoms with E-state index >= 15 is 0 Å². The summed E-state index contributed by atoms with van der Waals surface area (Å²) in [6, 6.07) is 9.85. The van der Waals surface area contributed by atoms with E-state index in [2.05, 4.69) is 5.32 Å².